The summed E-state index contributed by atoms with van der Waals surface area (Å²) < 4.78 is 0. The molecule has 4 unspecified atom stereocenters. The molecule has 2 aromatic rings. The van der Waals surface area contributed by atoms with Crippen molar-refractivity contribution in [1.29, 1.82) is 0 Å². The number of nitrogens with zero attached hydrogens (tertiary/aromatic N) is 5. The number of nitro groups is 2. The number of amides is 2. The van der Waals surface area contributed by atoms with Gasteiger partial charge in [0.1, 0.15) is 5.69 Å². The number of nitro benzene ring substituents is 2. The topological polar surface area (TPSA) is 130 Å². The van der Waals surface area contributed by atoms with Crippen molar-refractivity contribution in [2.45, 2.75) is 6.42 Å². The highest BCUT2D eigenvalue weighted by atomic mass is 16.6. The minimum atomic E-state index is -0.474. The Balaban J connectivity index is 1.21. The fourth-order valence-corrected chi connectivity index (χ4v) is 6.21. The molecule has 4 aliphatic rings. The van der Waals surface area contributed by atoms with Crippen LogP contribution in [0.3, 0.4) is 0 Å². The van der Waals surface area contributed by atoms with Gasteiger partial charge in [-0.05, 0) is 42.5 Å². The Labute approximate surface area is 205 Å². The van der Waals surface area contributed by atoms with E-state index in [0.29, 0.717) is 31.9 Å². The molecule has 2 heterocycles. The number of carbonyl (C=O) groups is 2. The molecule has 11 heteroatoms. The van der Waals surface area contributed by atoms with Crippen LogP contribution in [0.5, 0.6) is 0 Å². The minimum absolute atomic E-state index is 0.0237. The van der Waals surface area contributed by atoms with E-state index in [0.717, 1.165) is 17.0 Å². The molecule has 0 radical (unpaired) electrons. The van der Waals surface area contributed by atoms with Crippen molar-refractivity contribution in [2.24, 2.45) is 23.7 Å². The predicted octanol–water partition coefficient (Wildman–Crippen LogP) is 3.14. The number of hydrogen-bond acceptors (Lipinski definition) is 8. The third-order valence-corrected chi connectivity index (χ3v) is 7.93. The molecule has 11 nitrogen and oxygen atoms in total. The molecule has 0 N–H and O–H groups in total. The van der Waals surface area contributed by atoms with Gasteiger partial charge in [0.25, 0.3) is 11.4 Å². The average Bonchev–Trinajstić information content (AvgIpc) is 3.57. The third kappa shape index (κ3) is 3.34. The average molecular weight is 489 g/mol. The summed E-state index contributed by atoms with van der Waals surface area (Å²) in [6, 6.07) is 10.9. The van der Waals surface area contributed by atoms with Gasteiger partial charge >= 0.3 is 0 Å². The fourth-order valence-electron chi connectivity index (χ4n) is 6.21. The molecular formula is C25H23N5O6. The Morgan fingerprint density at radius 1 is 0.722 bits per heavy atom. The van der Waals surface area contributed by atoms with Crippen LogP contribution in [0.15, 0.2) is 54.6 Å². The molecule has 0 aromatic heterocycles. The third-order valence-electron chi connectivity index (χ3n) is 7.93. The van der Waals surface area contributed by atoms with Crippen LogP contribution in [0.25, 0.3) is 0 Å². The normalized spacial score (nSPS) is 26.6. The van der Waals surface area contributed by atoms with Crippen LogP contribution in [0.1, 0.15) is 6.42 Å². The van der Waals surface area contributed by atoms with E-state index in [-0.39, 0.29) is 52.5 Å². The van der Waals surface area contributed by atoms with Crippen molar-refractivity contribution < 1.29 is 19.4 Å². The maximum Gasteiger partial charge on any atom is 0.294 e. The molecule has 2 saturated heterocycles. The van der Waals surface area contributed by atoms with E-state index in [4.69, 9.17) is 0 Å². The lowest BCUT2D eigenvalue weighted by molar-refractivity contribution is -0.384. The number of benzene rings is 2. The highest BCUT2D eigenvalue weighted by molar-refractivity contribution is 6.23. The molecule has 1 saturated carbocycles. The van der Waals surface area contributed by atoms with E-state index >= 15 is 0 Å². The molecule has 2 aliphatic heterocycles. The standard InChI is InChI=1S/C25H23N5O6/c31-24-22-15-1-2-16(13-15)23(22)25(32)28(24)19-7-8-20(21(14-19)30(35)36)27-11-9-26(10-12-27)17-3-5-18(6-4-17)29(33)34/h1-8,14-16,22-23H,9-13H2. The highest BCUT2D eigenvalue weighted by Crippen LogP contribution is 2.53. The zero-order chi connectivity index (χ0) is 25.1. The lowest BCUT2D eigenvalue weighted by Crippen LogP contribution is -2.46. The summed E-state index contributed by atoms with van der Waals surface area (Å²) in [7, 11) is 0. The van der Waals surface area contributed by atoms with Gasteiger partial charge in [0.05, 0.1) is 27.4 Å². The van der Waals surface area contributed by atoms with Gasteiger partial charge in [0, 0.05) is 50.1 Å². The van der Waals surface area contributed by atoms with Crippen molar-refractivity contribution >= 4 is 40.3 Å². The molecule has 2 bridgehead atoms. The van der Waals surface area contributed by atoms with Gasteiger partial charge in [-0.1, -0.05) is 12.2 Å². The number of piperazine rings is 1. The summed E-state index contributed by atoms with van der Waals surface area (Å²) >= 11 is 0. The van der Waals surface area contributed by atoms with Crippen LogP contribution in [-0.2, 0) is 9.59 Å². The van der Waals surface area contributed by atoms with Crippen molar-refractivity contribution in [3.63, 3.8) is 0 Å². The smallest absolute Gasteiger partial charge is 0.294 e. The maximum atomic E-state index is 13.1. The molecule has 184 valence electrons. The number of anilines is 3. The van der Waals surface area contributed by atoms with E-state index in [9.17, 15) is 29.8 Å². The van der Waals surface area contributed by atoms with E-state index in [2.05, 4.69) is 4.90 Å². The van der Waals surface area contributed by atoms with Gasteiger partial charge in [-0.25, -0.2) is 4.90 Å². The van der Waals surface area contributed by atoms with E-state index in [1.165, 1.54) is 18.2 Å². The lowest BCUT2D eigenvalue weighted by Gasteiger charge is -2.37. The van der Waals surface area contributed by atoms with Gasteiger partial charge < -0.3 is 9.80 Å². The molecule has 3 fully saturated rings. The Bertz CT molecular complexity index is 1290. The number of carbonyl (C=O) groups excluding carboxylic acids is 2. The molecular weight excluding hydrogens is 466 g/mol. The van der Waals surface area contributed by atoms with Crippen LogP contribution in [-0.4, -0.2) is 47.8 Å². The first-order chi connectivity index (χ1) is 17.3. The molecule has 2 amide bonds. The zero-order valence-corrected chi connectivity index (χ0v) is 19.2. The summed E-state index contributed by atoms with van der Waals surface area (Å²) in [5.41, 5.74) is 1.42. The van der Waals surface area contributed by atoms with Crippen LogP contribution < -0.4 is 14.7 Å². The maximum absolute atomic E-state index is 13.1. The van der Waals surface area contributed by atoms with Crippen molar-refractivity contribution in [2.75, 3.05) is 40.9 Å². The van der Waals surface area contributed by atoms with Crippen LogP contribution in [0.2, 0.25) is 0 Å². The van der Waals surface area contributed by atoms with Crippen LogP contribution in [0.4, 0.5) is 28.4 Å². The Morgan fingerprint density at radius 2 is 1.28 bits per heavy atom. The van der Waals surface area contributed by atoms with Crippen molar-refractivity contribution in [3.8, 4) is 0 Å². The van der Waals surface area contributed by atoms with Gasteiger partial charge in [-0.15, -0.1) is 0 Å². The molecule has 6 rings (SSSR count). The second-order valence-corrected chi connectivity index (χ2v) is 9.69. The zero-order valence-electron chi connectivity index (χ0n) is 19.2. The second-order valence-electron chi connectivity index (χ2n) is 9.69. The number of fused-ring (bicyclic) bond motifs is 5. The van der Waals surface area contributed by atoms with Crippen molar-refractivity contribution in [1.82, 2.24) is 0 Å². The summed E-state index contributed by atoms with van der Waals surface area (Å²) in [4.78, 5) is 53.4. The predicted molar refractivity (Wildman–Crippen MR) is 131 cm³/mol. The quantitative estimate of drug-likeness (QED) is 0.271. The number of hydrogen-bond donors (Lipinski definition) is 0. The summed E-state index contributed by atoms with van der Waals surface area (Å²) in [5, 5.41) is 22.9. The van der Waals surface area contributed by atoms with E-state index in [1.807, 2.05) is 17.1 Å². The fraction of sp³-hybridized carbons (Fsp3) is 0.360. The second kappa shape index (κ2) is 8.14. The van der Waals surface area contributed by atoms with Gasteiger partial charge in [0.2, 0.25) is 11.8 Å². The first-order valence-electron chi connectivity index (χ1n) is 11.9. The number of rotatable bonds is 5. The van der Waals surface area contributed by atoms with E-state index < -0.39 is 9.85 Å². The number of allylic oxidation sites excluding steroid dienone is 2. The van der Waals surface area contributed by atoms with E-state index in [1.54, 1.807) is 24.3 Å². The first-order valence-corrected chi connectivity index (χ1v) is 11.9. The van der Waals surface area contributed by atoms with Gasteiger partial charge in [0.15, 0.2) is 0 Å². The Kier molecular flexibility index (Phi) is 5.02. The highest BCUT2D eigenvalue weighted by Gasteiger charge is 2.59. The minimum Gasteiger partial charge on any atom is -0.368 e. The summed E-state index contributed by atoms with van der Waals surface area (Å²) in [5.74, 6) is -1.11. The van der Waals surface area contributed by atoms with Crippen LogP contribution in [0, 0.1) is 43.9 Å². The first kappa shape index (κ1) is 22.2. The van der Waals surface area contributed by atoms with Crippen molar-refractivity contribution in [3.05, 3.63) is 74.8 Å². The SMILES string of the molecule is O=C1C2C3C=CC(C3)C2C(=O)N1c1ccc(N2CCN(c3ccc([N+](=O)[O-])cc3)CC2)c([N+](=O)[O-])c1. The molecule has 2 aliphatic carbocycles. The lowest BCUT2D eigenvalue weighted by atomic mass is 9.85. The summed E-state index contributed by atoms with van der Waals surface area (Å²) in [6.45, 7) is 2.19. The molecule has 0 spiro atoms. The van der Waals surface area contributed by atoms with Gasteiger partial charge in [-0.2, -0.15) is 0 Å². The van der Waals surface area contributed by atoms with Crippen LogP contribution >= 0.6 is 0 Å². The largest absolute Gasteiger partial charge is 0.368 e. The Hall–Kier alpha value is -4.28. The number of non-ortho nitro benzene ring substituents is 1. The summed E-state index contributed by atoms with van der Waals surface area (Å²) in [6.07, 6.45) is 4.86. The molecule has 36 heavy (non-hydrogen) atoms. The molecule has 4 atom stereocenters. The number of imide groups is 1. The molecule has 2 aromatic carbocycles. The van der Waals surface area contributed by atoms with Gasteiger partial charge in [-0.3, -0.25) is 29.8 Å². The monoisotopic (exact) mass is 489 g/mol. The Morgan fingerprint density at radius 3 is 1.83 bits per heavy atom.